The van der Waals surface area contributed by atoms with Gasteiger partial charge in [0.25, 0.3) is 0 Å². The van der Waals surface area contributed by atoms with E-state index in [-0.39, 0.29) is 0 Å². The van der Waals surface area contributed by atoms with E-state index in [1.165, 1.54) is 17.5 Å². The highest BCUT2D eigenvalue weighted by Crippen LogP contribution is 2.34. The first-order valence-electron chi connectivity index (χ1n) is 4.27. The van der Waals surface area contributed by atoms with Crippen molar-refractivity contribution >= 4 is 5.69 Å². The molecule has 0 atom stereocenters. The molecule has 0 saturated heterocycles. The lowest BCUT2D eigenvalue weighted by atomic mass is 10.1. The molecule has 0 radical (unpaired) electrons. The van der Waals surface area contributed by atoms with Crippen molar-refractivity contribution in [2.24, 2.45) is 0 Å². The van der Waals surface area contributed by atoms with Gasteiger partial charge in [0, 0.05) is 5.69 Å². The minimum Gasteiger partial charge on any atom is -0.496 e. The van der Waals surface area contributed by atoms with E-state index in [1.54, 1.807) is 7.11 Å². The van der Waals surface area contributed by atoms with Gasteiger partial charge in [-0.25, -0.2) is 0 Å². The second kappa shape index (κ2) is 2.70. The summed E-state index contributed by atoms with van der Waals surface area (Å²) >= 11 is 0. The van der Waals surface area contributed by atoms with E-state index in [2.05, 4.69) is 0 Å². The van der Waals surface area contributed by atoms with E-state index in [9.17, 15) is 0 Å². The molecule has 0 aromatic heterocycles. The molecule has 0 spiro atoms. The van der Waals surface area contributed by atoms with Crippen LogP contribution in [0.1, 0.15) is 17.5 Å². The Morgan fingerprint density at radius 2 is 2.00 bits per heavy atom. The van der Waals surface area contributed by atoms with Crippen LogP contribution in [-0.4, -0.2) is 7.11 Å². The zero-order valence-electron chi connectivity index (χ0n) is 7.26. The Hall–Kier alpha value is -1.18. The predicted octanol–water partition coefficient (Wildman–Crippen LogP) is 1.77. The van der Waals surface area contributed by atoms with Gasteiger partial charge < -0.3 is 10.5 Å². The summed E-state index contributed by atoms with van der Waals surface area (Å²) in [6, 6.07) is 3.89. The van der Waals surface area contributed by atoms with E-state index in [4.69, 9.17) is 10.5 Å². The topological polar surface area (TPSA) is 35.2 Å². The first-order chi connectivity index (χ1) is 5.83. The van der Waals surface area contributed by atoms with Crippen molar-refractivity contribution in [1.82, 2.24) is 0 Å². The first kappa shape index (κ1) is 7.47. The maximum Gasteiger partial charge on any atom is 0.122 e. The number of benzene rings is 1. The van der Waals surface area contributed by atoms with Crippen LogP contribution in [0.5, 0.6) is 5.75 Å². The molecule has 12 heavy (non-hydrogen) atoms. The number of fused-ring (bicyclic) bond motifs is 1. The normalized spacial score (nSPS) is 14.4. The van der Waals surface area contributed by atoms with Gasteiger partial charge in [-0.05, 0) is 42.5 Å². The number of rotatable bonds is 1. The summed E-state index contributed by atoms with van der Waals surface area (Å²) < 4.78 is 5.26. The van der Waals surface area contributed by atoms with Crippen LogP contribution in [0.2, 0.25) is 0 Å². The van der Waals surface area contributed by atoms with E-state index in [1.807, 2.05) is 12.1 Å². The Labute approximate surface area is 72.3 Å². The van der Waals surface area contributed by atoms with Gasteiger partial charge >= 0.3 is 0 Å². The molecule has 0 aliphatic heterocycles. The Kier molecular flexibility index (Phi) is 1.68. The number of hydrogen-bond acceptors (Lipinski definition) is 2. The molecule has 64 valence electrons. The SMILES string of the molecule is COc1ccc(N)c2c1CCC2. The lowest BCUT2D eigenvalue weighted by Gasteiger charge is -2.08. The molecule has 2 nitrogen and oxygen atoms in total. The summed E-state index contributed by atoms with van der Waals surface area (Å²) in [5.41, 5.74) is 9.38. The van der Waals surface area contributed by atoms with Crippen LogP contribution in [-0.2, 0) is 12.8 Å². The summed E-state index contributed by atoms with van der Waals surface area (Å²) in [4.78, 5) is 0. The van der Waals surface area contributed by atoms with Crippen molar-refractivity contribution in [3.05, 3.63) is 23.3 Å². The molecule has 0 saturated carbocycles. The van der Waals surface area contributed by atoms with Crippen LogP contribution >= 0.6 is 0 Å². The number of nitrogens with two attached hydrogens (primary N) is 1. The van der Waals surface area contributed by atoms with Crippen LogP contribution in [0.3, 0.4) is 0 Å². The van der Waals surface area contributed by atoms with Crippen LogP contribution < -0.4 is 10.5 Å². The van der Waals surface area contributed by atoms with Crippen LogP contribution in [0, 0.1) is 0 Å². The van der Waals surface area contributed by atoms with Crippen molar-refractivity contribution in [2.45, 2.75) is 19.3 Å². The summed E-state index contributed by atoms with van der Waals surface area (Å²) in [5, 5.41) is 0. The van der Waals surface area contributed by atoms with Crippen LogP contribution in [0.4, 0.5) is 5.69 Å². The molecule has 2 heteroatoms. The molecule has 1 aliphatic rings. The second-order valence-corrected chi connectivity index (χ2v) is 3.17. The third kappa shape index (κ3) is 0.951. The van der Waals surface area contributed by atoms with Gasteiger partial charge in [-0.15, -0.1) is 0 Å². The number of nitrogen functional groups attached to an aromatic ring is 1. The largest absolute Gasteiger partial charge is 0.496 e. The van der Waals surface area contributed by atoms with Gasteiger partial charge in [-0.3, -0.25) is 0 Å². The molecule has 0 bridgehead atoms. The average molecular weight is 163 g/mol. The third-order valence-corrected chi connectivity index (χ3v) is 2.50. The fourth-order valence-electron chi connectivity index (χ4n) is 1.89. The van der Waals surface area contributed by atoms with Gasteiger partial charge in [0.2, 0.25) is 0 Å². The predicted molar refractivity (Wildman–Crippen MR) is 49.4 cm³/mol. The van der Waals surface area contributed by atoms with Crippen molar-refractivity contribution in [1.29, 1.82) is 0 Å². The molecular formula is C10H13NO. The molecule has 2 N–H and O–H groups in total. The molecule has 1 aromatic rings. The standard InChI is InChI=1S/C10H13NO/c1-12-10-6-5-9(11)7-3-2-4-8(7)10/h5-6H,2-4,11H2,1H3. The Morgan fingerprint density at radius 3 is 2.75 bits per heavy atom. The van der Waals surface area contributed by atoms with Crippen LogP contribution in [0.25, 0.3) is 0 Å². The van der Waals surface area contributed by atoms with Gasteiger partial charge in [0.05, 0.1) is 7.11 Å². The van der Waals surface area contributed by atoms with E-state index >= 15 is 0 Å². The number of hydrogen-bond donors (Lipinski definition) is 1. The number of anilines is 1. The molecule has 1 aliphatic carbocycles. The maximum atomic E-state index is 5.84. The number of methoxy groups -OCH3 is 1. The van der Waals surface area contributed by atoms with E-state index < -0.39 is 0 Å². The lowest BCUT2D eigenvalue weighted by Crippen LogP contribution is -1.96. The highest BCUT2D eigenvalue weighted by atomic mass is 16.5. The van der Waals surface area contributed by atoms with Gasteiger partial charge in [0.1, 0.15) is 5.75 Å². The van der Waals surface area contributed by atoms with Crippen molar-refractivity contribution in [3.63, 3.8) is 0 Å². The second-order valence-electron chi connectivity index (χ2n) is 3.17. The summed E-state index contributed by atoms with van der Waals surface area (Å²) in [6.45, 7) is 0. The molecule has 2 rings (SSSR count). The Morgan fingerprint density at radius 1 is 1.25 bits per heavy atom. The first-order valence-corrected chi connectivity index (χ1v) is 4.27. The van der Waals surface area contributed by atoms with Gasteiger partial charge in [0.15, 0.2) is 0 Å². The fourth-order valence-corrected chi connectivity index (χ4v) is 1.89. The molecule has 0 amide bonds. The summed E-state index contributed by atoms with van der Waals surface area (Å²) in [7, 11) is 1.71. The minimum absolute atomic E-state index is 0.920. The monoisotopic (exact) mass is 163 g/mol. The van der Waals surface area contributed by atoms with Crippen molar-refractivity contribution in [2.75, 3.05) is 12.8 Å². The zero-order valence-corrected chi connectivity index (χ0v) is 7.26. The minimum atomic E-state index is 0.920. The van der Waals surface area contributed by atoms with Crippen molar-refractivity contribution in [3.8, 4) is 5.75 Å². The Bertz CT molecular complexity index is 307. The fraction of sp³-hybridized carbons (Fsp3) is 0.400. The smallest absolute Gasteiger partial charge is 0.122 e. The summed E-state index contributed by atoms with van der Waals surface area (Å²) in [5.74, 6) is 0.997. The van der Waals surface area contributed by atoms with Crippen molar-refractivity contribution < 1.29 is 4.74 Å². The maximum absolute atomic E-state index is 5.84. The molecule has 0 heterocycles. The molecule has 1 aromatic carbocycles. The quantitative estimate of drug-likeness (QED) is 0.640. The highest BCUT2D eigenvalue weighted by Gasteiger charge is 2.17. The lowest BCUT2D eigenvalue weighted by molar-refractivity contribution is 0.410. The third-order valence-electron chi connectivity index (χ3n) is 2.50. The summed E-state index contributed by atoms with van der Waals surface area (Å²) in [6.07, 6.45) is 3.43. The number of ether oxygens (including phenoxy) is 1. The van der Waals surface area contributed by atoms with E-state index in [0.717, 1.165) is 24.3 Å². The van der Waals surface area contributed by atoms with Crippen LogP contribution in [0.15, 0.2) is 12.1 Å². The van der Waals surface area contributed by atoms with Gasteiger partial charge in [-0.1, -0.05) is 0 Å². The Balaban J connectivity index is 2.57. The van der Waals surface area contributed by atoms with E-state index in [0.29, 0.717) is 0 Å². The molecular weight excluding hydrogens is 150 g/mol. The molecule has 0 unspecified atom stereocenters. The average Bonchev–Trinajstić information content (AvgIpc) is 2.54. The van der Waals surface area contributed by atoms with Gasteiger partial charge in [-0.2, -0.15) is 0 Å². The zero-order chi connectivity index (χ0) is 8.55. The highest BCUT2D eigenvalue weighted by molar-refractivity contribution is 5.58. The molecule has 0 fully saturated rings.